The van der Waals surface area contributed by atoms with Crippen LogP contribution in [0.25, 0.3) is 0 Å². The first kappa shape index (κ1) is 47.6. The van der Waals surface area contributed by atoms with Gasteiger partial charge >= 0.3 is 0 Å². The first-order chi connectivity index (χ1) is 23.8. The molecule has 0 heterocycles. The Kier molecular flexibility index (Phi) is 35.3. The normalized spacial score (nSPS) is 13.6. The lowest BCUT2D eigenvalue weighted by atomic mass is 10.0. The van der Waals surface area contributed by atoms with Crippen molar-refractivity contribution in [3.63, 3.8) is 0 Å². The van der Waals surface area contributed by atoms with E-state index in [2.05, 4.69) is 43.5 Å². The monoisotopic (exact) mass is 710 g/mol. The van der Waals surface area contributed by atoms with Gasteiger partial charge in [-0.1, -0.05) is 179 Å². The number of aliphatic hydroxyl groups excluding tert-OH is 1. The van der Waals surface area contributed by atoms with E-state index < -0.39 is 28.0 Å². The first-order valence-electron chi connectivity index (χ1n) is 20.7. The van der Waals surface area contributed by atoms with E-state index in [1.807, 2.05) is 0 Å². The van der Waals surface area contributed by atoms with Crippen LogP contribution in [0.2, 0.25) is 0 Å². The van der Waals surface area contributed by atoms with Crippen molar-refractivity contribution in [3.8, 4) is 0 Å². The van der Waals surface area contributed by atoms with Gasteiger partial charge in [0, 0.05) is 6.42 Å². The molecule has 0 aliphatic heterocycles. The minimum atomic E-state index is -4.35. The van der Waals surface area contributed by atoms with Crippen molar-refractivity contribution < 1.29 is 22.9 Å². The van der Waals surface area contributed by atoms with E-state index >= 15 is 0 Å². The van der Waals surface area contributed by atoms with Crippen molar-refractivity contribution in [1.82, 2.24) is 5.32 Å². The number of rotatable bonds is 37. The summed E-state index contributed by atoms with van der Waals surface area (Å²) in [5, 5.41) is 13.2. The van der Waals surface area contributed by atoms with Gasteiger partial charge in [0.1, 0.15) is 0 Å². The molecule has 0 aromatic heterocycles. The zero-order valence-electron chi connectivity index (χ0n) is 32.1. The zero-order valence-corrected chi connectivity index (χ0v) is 32.9. The number of amides is 1. The van der Waals surface area contributed by atoms with Gasteiger partial charge in [0.05, 0.1) is 17.9 Å². The molecule has 49 heavy (non-hydrogen) atoms. The molecule has 2 atom stereocenters. The van der Waals surface area contributed by atoms with E-state index in [1.54, 1.807) is 6.08 Å². The minimum Gasteiger partial charge on any atom is -0.387 e. The van der Waals surface area contributed by atoms with Crippen LogP contribution in [0.5, 0.6) is 0 Å². The summed E-state index contributed by atoms with van der Waals surface area (Å²) in [4.78, 5) is 12.5. The van der Waals surface area contributed by atoms with E-state index in [-0.39, 0.29) is 12.3 Å². The molecule has 7 heteroatoms. The molecular formula is C42H79NO5S. The summed E-state index contributed by atoms with van der Waals surface area (Å²) in [6, 6.07) is -1.07. The quantitative estimate of drug-likeness (QED) is 0.0338. The van der Waals surface area contributed by atoms with Crippen LogP contribution in [-0.4, -0.2) is 41.9 Å². The number of carbonyl (C=O) groups excluding carboxylic acids is 1. The largest absolute Gasteiger partial charge is 0.387 e. The molecule has 1 amide bonds. The molecule has 288 valence electrons. The fraction of sp³-hybridized carbons (Fsp3) is 0.833. The molecular weight excluding hydrogens is 631 g/mol. The van der Waals surface area contributed by atoms with Crippen molar-refractivity contribution in [2.75, 3.05) is 5.75 Å². The lowest BCUT2D eigenvalue weighted by Crippen LogP contribution is -2.46. The summed E-state index contributed by atoms with van der Waals surface area (Å²) in [6.45, 7) is 4.49. The van der Waals surface area contributed by atoms with E-state index in [9.17, 15) is 22.9 Å². The predicted octanol–water partition coefficient (Wildman–Crippen LogP) is 12.1. The third-order valence-electron chi connectivity index (χ3n) is 9.29. The standard InChI is InChI=1S/C42H79NO5S/c1-3-5-7-9-11-13-15-16-17-18-19-20-21-22-23-24-25-26-28-30-32-34-36-38-42(45)43-40(39-49(46,47)48)41(44)37-35-33-31-29-27-14-12-10-8-6-4-2/h18-19,27,29,35,37,40-41,44H,3-17,20-26,28,30-34,36,38-39H2,1-2H3,(H,43,45)(H,46,47,48)/b19-18-,29-27+,37-35+. The Bertz CT molecular complexity index is 914. The first-order valence-corrected chi connectivity index (χ1v) is 22.3. The number of aliphatic hydroxyl groups is 1. The molecule has 0 fully saturated rings. The summed E-state index contributed by atoms with van der Waals surface area (Å²) in [7, 11) is -4.35. The zero-order chi connectivity index (χ0) is 36.1. The van der Waals surface area contributed by atoms with Crippen LogP contribution in [0.15, 0.2) is 36.5 Å². The molecule has 3 N–H and O–H groups in total. The van der Waals surface area contributed by atoms with Gasteiger partial charge in [0.25, 0.3) is 10.1 Å². The molecule has 6 nitrogen and oxygen atoms in total. The number of allylic oxidation sites excluding steroid dienone is 5. The molecule has 0 saturated carbocycles. The van der Waals surface area contributed by atoms with E-state index in [0.29, 0.717) is 6.42 Å². The Balaban J connectivity index is 3.83. The van der Waals surface area contributed by atoms with Crippen LogP contribution in [0.4, 0.5) is 0 Å². The summed E-state index contributed by atoms with van der Waals surface area (Å²) < 4.78 is 32.4. The Hall–Kier alpha value is -1.44. The molecule has 0 aliphatic rings. The summed E-state index contributed by atoms with van der Waals surface area (Å²) in [5.41, 5.74) is 0. The average molecular weight is 710 g/mol. The van der Waals surface area contributed by atoms with Gasteiger partial charge in [-0.15, -0.1) is 0 Å². The topological polar surface area (TPSA) is 104 Å². The molecule has 0 bridgehead atoms. The number of nitrogens with one attached hydrogen (secondary N) is 1. The fourth-order valence-corrected chi connectivity index (χ4v) is 6.90. The van der Waals surface area contributed by atoms with E-state index in [4.69, 9.17) is 0 Å². The van der Waals surface area contributed by atoms with E-state index in [1.165, 1.54) is 154 Å². The minimum absolute atomic E-state index is 0.288. The van der Waals surface area contributed by atoms with Crippen molar-refractivity contribution >= 4 is 16.0 Å². The van der Waals surface area contributed by atoms with Crippen LogP contribution in [-0.2, 0) is 14.9 Å². The predicted molar refractivity (Wildman–Crippen MR) is 212 cm³/mol. The van der Waals surface area contributed by atoms with Crippen LogP contribution in [0, 0.1) is 0 Å². The highest BCUT2D eigenvalue weighted by Gasteiger charge is 2.24. The highest BCUT2D eigenvalue weighted by Crippen LogP contribution is 2.14. The molecule has 0 aromatic rings. The molecule has 0 saturated heterocycles. The number of unbranched alkanes of at least 4 members (excludes halogenated alkanes) is 25. The van der Waals surface area contributed by atoms with Crippen molar-refractivity contribution in [1.29, 1.82) is 0 Å². The van der Waals surface area contributed by atoms with Gasteiger partial charge in [0.2, 0.25) is 5.91 Å². The lowest BCUT2D eigenvalue weighted by molar-refractivity contribution is -0.122. The van der Waals surface area contributed by atoms with Crippen molar-refractivity contribution in [2.45, 2.75) is 219 Å². The van der Waals surface area contributed by atoms with Crippen LogP contribution in [0.1, 0.15) is 206 Å². The van der Waals surface area contributed by atoms with Crippen molar-refractivity contribution in [3.05, 3.63) is 36.5 Å². The third-order valence-corrected chi connectivity index (χ3v) is 10.1. The second-order valence-electron chi connectivity index (χ2n) is 14.3. The average Bonchev–Trinajstić information content (AvgIpc) is 3.06. The number of carbonyl (C=O) groups is 1. The SMILES string of the molecule is CCCCCCC/C=C/CC/C=C/C(O)C(CS(=O)(=O)O)NC(=O)CCCCCCCCCCCCC/C=C\CCCCCCCCCC. The summed E-state index contributed by atoms with van der Waals surface area (Å²) >= 11 is 0. The maximum absolute atomic E-state index is 12.5. The highest BCUT2D eigenvalue weighted by atomic mass is 32.2. The second-order valence-corrected chi connectivity index (χ2v) is 15.8. The molecule has 0 aromatic carbocycles. The second kappa shape index (κ2) is 36.4. The van der Waals surface area contributed by atoms with Gasteiger partial charge in [-0.25, -0.2) is 0 Å². The van der Waals surface area contributed by atoms with Crippen molar-refractivity contribution in [2.24, 2.45) is 0 Å². The molecule has 0 radical (unpaired) electrons. The Morgan fingerprint density at radius 2 is 0.878 bits per heavy atom. The van der Waals surface area contributed by atoms with Gasteiger partial charge in [0.15, 0.2) is 0 Å². The summed E-state index contributed by atoms with van der Waals surface area (Å²) in [5.74, 6) is -1.000. The lowest BCUT2D eigenvalue weighted by Gasteiger charge is -2.21. The fourth-order valence-electron chi connectivity index (χ4n) is 6.17. The Morgan fingerprint density at radius 3 is 1.29 bits per heavy atom. The molecule has 0 spiro atoms. The van der Waals surface area contributed by atoms with Crippen LogP contribution >= 0.6 is 0 Å². The maximum atomic E-state index is 12.5. The highest BCUT2D eigenvalue weighted by molar-refractivity contribution is 7.85. The smallest absolute Gasteiger partial charge is 0.267 e. The number of hydrogen-bond acceptors (Lipinski definition) is 4. The van der Waals surface area contributed by atoms with Gasteiger partial charge in [-0.2, -0.15) is 8.42 Å². The summed E-state index contributed by atoms with van der Waals surface area (Å²) in [6.07, 6.45) is 47.2. The molecule has 2 unspecified atom stereocenters. The maximum Gasteiger partial charge on any atom is 0.267 e. The van der Waals surface area contributed by atoms with E-state index in [0.717, 1.165) is 32.1 Å². The number of hydrogen-bond donors (Lipinski definition) is 3. The van der Waals surface area contributed by atoms with Gasteiger partial charge < -0.3 is 10.4 Å². The van der Waals surface area contributed by atoms with Crippen LogP contribution in [0.3, 0.4) is 0 Å². The van der Waals surface area contributed by atoms with Gasteiger partial charge in [-0.05, 0) is 57.8 Å². The molecule has 0 aliphatic carbocycles. The Labute approximate surface area is 304 Å². The van der Waals surface area contributed by atoms with Gasteiger partial charge in [-0.3, -0.25) is 9.35 Å². The Morgan fingerprint density at radius 1 is 0.531 bits per heavy atom. The molecule has 0 rings (SSSR count). The van der Waals surface area contributed by atoms with Crippen LogP contribution < -0.4 is 5.32 Å². The third kappa shape index (κ3) is 37.6.